The van der Waals surface area contributed by atoms with Crippen molar-refractivity contribution in [2.45, 2.75) is 0 Å². The predicted octanol–water partition coefficient (Wildman–Crippen LogP) is 1.95. The molecule has 0 atom stereocenters. The maximum Gasteiger partial charge on any atom is 0.142 e. The molecule has 0 unspecified atom stereocenters. The van der Waals surface area contributed by atoms with Gasteiger partial charge in [0.05, 0.1) is 19.4 Å². The lowest BCUT2D eigenvalue weighted by Crippen LogP contribution is -2.19. The normalized spacial score (nSPS) is 14.9. The van der Waals surface area contributed by atoms with Crippen molar-refractivity contribution in [3.8, 4) is 5.75 Å². The summed E-state index contributed by atoms with van der Waals surface area (Å²) in [6, 6.07) is 7.89. The highest BCUT2D eigenvalue weighted by molar-refractivity contribution is 5.61. The first kappa shape index (κ1) is 10.8. The van der Waals surface area contributed by atoms with E-state index in [0.717, 1.165) is 23.6 Å². The Bertz CT molecular complexity index is 424. The largest absolute Gasteiger partial charge is 0.495 e. The van der Waals surface area contributed by atoms with Gasteiger partial charge in [0, 0.05) is 12.7 Å². The molecule has 1 N–H and O–H groups in total. The Balaban J connectivity index is 2.21. The number of aliphatic hydroxyl groups excluding tert-OH is 1. The van der Waals surface area contributed by atoms with E-state index in [1.54, 1.807) is 7.11 Å². The lowest BCUT2D eigenvalue weighted by atomic mass is 10.2. The second-order valence-corrected chi connectivity index (χ2v) is 3.58. The Morgan fingerprint density at radius 3 is 2.81 bits per heavy atom. The van der Waals surface area contributed by atoms with E-state index < -0.39 is 0 Å². The number of methoxy groups -OCH3 is 1. The fourth-order valence-electron chi connectivity index (χ4n) is 1.69. The van der Waals surface area contributed by atoms with Gasteiger partial charge in [-0.25, -0.2) is 0 Å². The summed E-state index contributed by atoms with van der Waals surface area (Å²) < 4.78 is 5.31. The summed E-state index contributed by atoms with van der Waals surface area (Å²) >= 11 is 0. The molecular formula is C13H15NO2. The summed E-state index contributed by atoms with van der Waals surface area (Å²) in [6.07, 6.45) is 5.88. The van der Waals surface area contributed by atoms with Gasteiger partial charge in [-0.15, -0.1) is 0 Å². The summed E-state index contributed by atoms with van der Waals surface area (Å²) in [5.41, 5.74) is 1.99. The summed E-state index contributed by atoms with van der Waals surface area (Å²) in [5.74, 6) is 0.855. The predicted molar refractivity (Wildman–Crippen MR) is 64.6 cm³/mol. The monoisotopic (exact) mass is 217 g/mol. The maximum atomic E-state index is 8.99. The number of rotatable bonds is 3. The Kier molecular flexibility index (Phi) is 3.27. The minimum Gasteiger partial charge on any atom is -0.495 e. The van der Waals surface area contributed by atoms with Crippen LogP contribution < -0.4 is 9.64 Å². The fraction of sp³-hybridized carbons (Fsp3) is 0.231. The van der Waals surface area contributed by atoms with Gasteiger partial charge in [-0.3, -0.25) is 0 Å². The van der Waals surface area contributed by atoms with E-state index in [1.807, 2.05) is 42.6 Å². The van der Waals surface area contributed by atoms with Crippen molar-refractivity contribution in [1.82, 2.24) is 0 Å². The van der Waals surface area contributed by atoms with Gasteiger partial charge in [-0.2, -0.15) is 0 Å². The average molecular weight is 217 g/mol. The van der Waals surface area contributed by atoms with Crippen LogP contribution >= 0.6 is 0 Å². The van der Waals surface area contributed by atoms with Gasteiger partial charge in [0.25, 0.3) is 0 Å². The van der Waals surface area contributed by atoms with Gasteiger partial charge in [-0.1, -0.05) is 18.2 Å². The van der Waals surface area contributed by atoms with Crippen molar-refractivity contribution < 1.29 is 9.84 Å². The van der Waals surface area contributed by atoms with Gasteiger partial charge in [0.1, 0.15) is 5.75 Å². The standard InChI is InChI=1S/C13H15NO2/c1-16-13-5-3-2-4-12(13)14-8-6-11(10-15)7-9-14/h2-8,15H,9-10H2,1H3. The highest BCUT2D eigenvalue weighted by Gasteiger charge is 2.10. The molecule has 1 aromatic rings. The Morgan fingerprint density at radius 2 is 2.19 bits per heavy atom. The number of ether oxygens (including phenoxy) is 1. The third-order valence-corrected chi connectivity index (χ3v) is 2.60. The molecular weight excluding hydrogens is 202 g/mol. The van der Waals surface area contributed by atoms with E-state index in [4.69, 9.17) is 9.84 Å². The third-order valence-electron chi connectivity index (χ3n) is 2.60. The molecule has 0 radical (unpaired) electrons. The first-order valence-electron chi connectivity index (χ1n) is 5.23. The second-order valence-electron chi connectivity index (χ2n) is 3.58. The lowest BCUT2D eigenvalue weighted by Gasteiger charge is -2.24. The quantitative estimate of drug-likeness (QED) is 0.840. The van der Waals surface area contributed by atoms with E-state index in [0.29, 0.717) is 0 Å². The molecule has 1 aliphatic heterocycles. The van der Waals surface area contributed by atoms with Gasteiger partial charge < -0.3 is 14.7 Å². The molecule has 16 heavy (non-hydrogen) atoms. The Hall–Kier alpha value is -1.74. The molecule has 3 nitrogen and oxygen atoms in total. The number of hydrogen-bond acceptors (Lipinski definition) is 3. The zero-order valence-electron chi connectivity index (χ0n) is 9.26. The smallest absolute Gasteiger partial charge is 0.142 e. The van der Waals surface area contributed by atoms with Crippen molar-refractivity contribution in [3.05, 3.63) is 48.2 Å². The minimum absolute atomic E-state index is 0.0935. The van der Waals surface area contributed by atoms with Crippen LogP contribution in [0.15, 0.2) is 48.2 Å². The molecule has 0 aromatic heterocycles. The van der Waals surface area contributed by atoms with E-state index in [2.05, 4.69) is 4.90 Å². The van der Waals surface area contributed by atoms with Gasteiger partial charge in [-0.05, 0) is 23.8 Å². The van der Waals surface area contributed by atoms with E-state index in [1.165, 1.54) is 0 Å². The van der Waals surface area contributed by atoms with Crippen molar-refractivity contribution in [1.29, 1.82) is 0 Å². The van der Waals surface area contributed by atoms with Crippen LogP contribution in [-0.4, -0.2) is 25.4 Å². The van der Waals surface area contributed by atoms with Crippen molar-refractivity contribution in [2.75, 3.05) is 25.2 Å². The molecule has 1 heterocycles. The van der Waals surface area contributed by atoms with Gasteiger partial charge >= 0.3 is 0 Å². The summed E-state index contributed by atoms with van der Waals surface area (Å²) in [6.45, 7) is 0.850. The molecule has 1 aromatic carbocycles. The molecule has 2 rings (SSSR count). The van der Waals surface area contributed by atoms with Crippen LogP contribution in [0.1, 0.15) is 0 Å². The summed E-state index contributed by atoms with van der Waals surface area (Å²) in [5, 5.41) is 8.99. The maximum absolute atomic E-state index is 8.99. The van der Waals surface area contributed by atoms with Gasteiger partial charge in [0.2, 0.25) is 0 Å². The zero-order chi connectivity index (χ0) is 11.4. The van der Waals surface area contributed by atoms with Crippen LogP contribution in [-0.2, 0) is 0 Å². The van der Waals surface area contributed by atoms with Crippen molar-refractivity contribution >= 4 is 5.69 Å². The number of anilines is 1. The number of hydrogen-bond donors (Lipinski definition) is 1. The number of nitrogens with zero attached hydrogens (tertiary/aromatic N) is 1. The molecule has 3 heteroatoms. The zero-order valence-corrected chi connectivity index (χ0v) is 9.26. The van der Waals surface area contributed by atoms with E-state index in [9.17, 15) is 0 Å². The third kappa shape index (κ3) is 2.09. The summed E-state index contributed by atoms with van der Waals surface area (Å²) in [4.78, 5) is 2.08. The molecule has 84 valence electrons. The SMILES string of the molecule is COc1ccccc1N1C=CC(CO)=CC1. The van der Waals surface area contributed by atoms with Gasteiger partial charge in [0.15, 0.2) is 0 Å². The van der Waals surface area contributed by atoms with Crippen LogP contribution in [0.4, 0.5) is 5.69 Å². The Labute approximate surface area is 95.3 Å². The topological polar surface area (TPSA) is 32.7 Å². The first-order valence-corrected chi connectivity index (χ1v) is 5.23. The van der Waals surface area contributed by atoms with E-state index >= 15 is 0 Å². The average Bonchev–Trinajstić information content (AvgIpc) is 2.39. The van der Waals surface area contributed by atoms with Crippen LogP contribution in [0.3, 0.4) is 0 Å². The molecule has 0 fully saturated rings. The molecule has 0 amide bonds. The number of benzene rings is 1. The molecule has 0 bridgehead atoms. The molecule has 0 saturated heterocycles. The van der Waals surface area contributed by atoms with Crippen LogP contribution in [0.5, 0.6) is 5.75 Å². The molecule has 0 saturated carbocycles. The highest BCUT2D eigenvalue weighted by atomic mass is 16.5. The van der Waals surface area contributed by atoms with Crippen molar-refractivity contribution in [3.63, 3.8) is 0 Å². The van der Waals surface area contributed by atoms with Crippen LogP contribution in [0.2, 0.25) is 0 Å². The highest BCUT2D eigenvalue weighted by Crippen LogP contribution is 2.28. The van der Waals surface area contributed by atoms with Crippen molar-refractivity contribution in [2.24, 2.45) is 0 Å². The second kappa shape index (κ2) is 4.86. The van der Waals surface area contributed by atoms with Crippen LogP contribution in [0.25, 0.3) is 0 Å². The molecule has 1 aliphatic rings. The molecule has 0 spiro atoms. The first-order chi connectivity index (χ1) is 7.85. The lowest BCUT2D eigenvalue weighted by molar-refractivity contribution is 0.334. The van der Waals surface area contributed by atoms with Crippen LogP contribution in [0, 0.1) is 0 Å². The number of para-hydroxylation sites is 2. The Morgan fingerprint density at radius 1 is 1.38 bits per heavy atom. The minimum atomic E-state index is 0.0935. The fourth-order valence-corrected chi connectivity index (χ4v) is 1.69. The number of aliphatic hydroxyl groups is 1. The van der Waals surface area contributed by atoms with E-state index in [-0.39, 0.29) is 6.61 Å². The molecule has 0 aliphatic carbocycles. The summed E-state index contributed by atoms with van der Waals surface area (Å²) in [7, 11) is 1.67.